The Balaban J connectivity index is 1.24. The number of rotatable bonds is 7. The van der Waals surface area contributed by atoms with E-state index in [0.717, 1.165) is 72.5 Å². The van der Waals surface area contributed by atoms with Crippen molar-refractivity contribution in [2.45, 2.75) is 5.41 Å². The fourth-order valence-electron chi connectivity index (χ4n) is 9.61. The lowest BCUT2D eigenvalue weighted by Gasteiger charge is -2.34. The normalized spacial score (nSPS) is 12.6. The van der Waals surface area contributed by atoms with Gasteiger partial charge in [-0.1, -0.05) is 188 Å². The molecule has 0 fully saturated rings. The van der Waals surface area contributed by atoms with E-state index in [2.05, 4.69) is 182 Å². The lowest BCUT2D eigenvalue weighted by Crippen LogP contribution is -2.28. The van der Waals surface area contributed by atoms with E-state index in [0.29, 0.717) is 11.4 Å². The molecule has 0 aliphatic heterocycles. The average molecular weight is 792 g/mol. The molecule has 3 heterocycles. The van der Waals surface area contributed by atoms with E-state index in [-0.39, 0.29) is 0 Å². The molecule has 0 bridgehead atoms. The van der Waals surface area contributed by atoms with E-state index < -0.39 is 5.41 Å². The monoisotopic (exact) mass is 791 g/mol. The van der Waals surface area contributed by atoms with Gasteiger partial charge in [-0.25, -0.2) is 15.0 Å². The minimum Gasteiger partial charge on any atom is -0.452 e. The zero-order valence-corrected chi connectivity index (χ0v) is 33.6. The number of para-hydroxylation sites is 1. The zero-order valence-electron chi connectivity index (χ0n) is 33.6. The summed E-state index contributed by atoms with van der Waals surface area (Å²) in [4.78, 5) is 16.6. The summed E-state index contributed by atoms with van der Waals surface area (Å²) >= 11 is 0. The molecule has 0 saturated heterocycles. The topological polar surface area (TPSA) is 51.8 Å². The number of fused-ring (bicyclic) bond motifs is 6. The van der Waals surface area contributed by atoms with Gasteiger partial charge >= 0.3 is 0 Å². The summed E-state index contributed by atoms with van der Waals surface area (Å²) < 4.78 is 6.60. The Bertz CT molecular complexity index is 3340. The fraction of sp³-hybridized carbons (Fsp3) is 0.0172. The highest BCUT2D eigenvalue weighted by Crippen LogP contribution is 2.58. The molecule has 3 aromatic heterocycles. The number of hydrogen-bond donors (Lipinski definition) is 0. The standard InChI is InChI=1S/C58H37N3O/c1-6-20-38(21-7-1)41-34-51(39-22-8-2-9-23-39)59-52(35-41)47-36-46-44-30-16-18-32-49(44)58(42-26-12-4-13-27-42,43-28-14-5-15-29-43)50(46)37-48(47)57-60-54(40-24-10-3-11-25-40)56-55(61-57)45-31-17-19-33-53(45)62-56/h1-37H. The lowest BCUT2D eigenvalue weighted by atomic mass is 9.67. The largest absolute Gasteiger partial charge is 0.452 e. The van der Waals surface area contributed by atoms with E-state index in [1.54, 1.807) is 0 Å². The molecule has 12 rings (SSSR count). The fourth-order valence-corrected chi connectivity index (χ4v) is 9.61. The number of furan rings is 1. The van der Waals surface area contributed by atoms with Crippen LogP contribution in [0.2, 0.25) is 0 Å². The first-order chi connectivity index (χ1) is 30.7. The summed E-state index contributed by atoms with van der Waals surface area (Å²) in [5.74, 6) is 0.597. The van der Waals surface area contributed by atoms with E-state index in [4.69, 9.17) is 19.4 Å². The van der Waals surface area contributed by atoms with Crippen LogP contribution in [0.15, 0.2) is 229 Å². The highest BCUT2D eigenvalue weighted by molar-refractivity contribution is 6.07. The summed E-state index contributed by atoms with van der Waals surface area (Å²) in [5, 5.41) is 0.942. The van der Waals surface area contributed by atoms with Crippen molar-refractivity contribution in [1.82, 2.24) is 15.0 Å². The second-order valence-corrected chi connectivity index (χ2v) is 15.9. The van der Waals surface area contributed by atoms with E-state index in [1.165, 1.54) is 27.8 Å². The van der Waals surface area contributed by atoms with Gasteiger partial charge in [-0.15, -0.1) is 0 Å². The highest BCUT2D eigenvalue weighted by atomic mass is 16.3. The maximum atomic E-state index is 6.60. The first-order valence-electron chi connectivity index (χ1n) is 21.0. The van der Waals surface area contributed by atoms with Crippen LogP contribution >= 0.6 is 0 Å². The van der Waals surface area contributed by atoms with Crippen LogP contribution in [-0.4, -0.2) is 15.0 Å². The molecule has 4 heteroatoms. The predicted octanol–water partition coefficient (Wildman–Crippen LogP) is 14.5. The SMILES string of the molecule is c1ccc(-c2cc(-c3ccccc3)nc(-c3cc4c(cc3-c3nc(-c5ccccc5)c5oc6ccccc6c5n3)C(c3ccccc3)(c3ccccc3)c3ccccc3-4)c2)cc1. The number of pyridine rings is 1. The highest BCUT2D eigenvalue weighted by Gasteiger charge is 2.46. The van der Waals surface area contributed by atoms with Crippen LogP contribution in [0.1, 0.15) is 22.3 Å². The maximum Gasteiger partial charge on any atom is 0.180 e. The maximum absolute atomic E-state index is 6.60. The van der Waals surface area contributed by atoms with Gasteiger partial charge in [0, 0.05) is 27.6 Å². The second-order valence-electron chi connectivity index (χ2n) is 15.9. The van der Waals surface area contributed by atoms with Gasteiger partial charge in [-0.3, -0.25) is 0 Å². The van der Waals surface area contributed by atoms with E-state index in [1.807, 2.05) is 42.5 Å². The molecule has 11 aromatic rings. The Morgan fingerprint density at radius 3 is 1.61 bits per heavy atom. The molecule has 0 N–H and O–H groups in total. The molecule has 290 valence electrons. The molecule has 1 aliphatic rings. The molecule has 0 amide bonds. The quantitative estimate of drug-likeness (QED) is 0.161. The van der Waals surface area contributed by atoms with Crippen LogP contribution in [0.4, 0.5) is 0 Å². The molecular weight excluding hydrogens is 755 g/mol. The third-order valence-electron chi connectivity index (χ3n) is 12.4. The van der Waals surface area contributed by atoms with Gasteiger partial charge in [0.1, 0.15) is 16.8 Å². The van der Waals surface area contributed by atoms with Crippen LogP contribution in [0.25, 0.3) is 89.5 Å². The first-order valence-corrected chi connectivity index (χ1v) is 21.0. The molecule has 0 saturated carbocycles. The summed E-state index contributed by atoms with van der Waals surface area (Å²) in [5.41, 5.74) is 17.2. The molecule has 0 unspecified atom stereocenters. The predicted molar refractivity (Wildman–Crippen MR) is 252 cm³/mol. The number of benzene rings is 8. The van der Waals surface area contributed by atoms with Gasteiger partial charge in [-0.2, -0.15) is 0 Å². The molecule has 1 aliphatic carbocycles. The average Bonchev–Trinajstić information content (AvgIpc) is 3.88. The molecule has 8 aromatic carbocycles. The first kappa shape index (κ1) is 35.7. The van der Waals surface area contributed by atoms with Crippen LogP contribution in [0, 0.1) is 0 Å². The lowest BCUT2D eigenvalue weighted by molar-refractivity contribution is 0.667. The van der Waals surface area contributed by atoms with Crippen molar-refractivity contribution in [2.24, 2.45) is 0 Å². The number of aromatic nitrogens is 3. The molecular formula is C58H37N3O. The molecule has 0 radical (unpaired) electrons. The summed E-state index contributed by atoms with van der Waals surface area (Å²) in [7, 11) is 0. The smallest absolute Gasteiger partial charge is 0.180 e. The van der Waals surface area contributed by atoms with Crippen molar-refractivity contribution in [3.05, 3.63) is 247 Å². The Labute approximate surface area is 359 Å². The van der Waals surface area contributed by atoms with Crippen molar-refractivity contribution in [1.29, 1.82) is 0 Å². The van der Waals surface area contributed by atoms with Crippen molar-refractivity contribution >= 4 is 22.1 Å². The van der Waals surface area contributed by atoms with Crippen LogP contribution < -0.4 is 0 Å². The van der Waals surface area contributed by atoms with Gasteiger partial charge in [-0.05, 0) is 80.9 Å². The molecule has 0 spiro atoms. The zero-order chi connectivity index (χ0) is 41.0. The third kappa shape index (κ3) is 5.65. The van der Waals surface area contributed by atoms with Crippen molar-refractivity contribution in [3.8, 4) is 67.4 Å². The summed E-state index contributed by atoms with van der Waals surface area (Å²) in [6.45, 7) is 0. The van der Waals surface area contributed by atoms with Gasteiger partial charge in [0.05, 0.1) is 16.8 Å². The number of nitrogens with zero attached hydrogens (tertiary/aromatic N) is 3. The van der Waals surface area contributed by atoms with E-state index >= 15 is 0 Å². The molecule has 4 nitrogen and oxygen atoms in total. The molecule has 0 atom stereocenters. The third-order valence-corrected chi connectivity index (χ3v) is 12.4. The van der Waals surface area contributed by atoms with Gasteiger partial charge < -0.3 is 4.42 Å². The number of hydrogen-bond acceptors (Lipinski definition) is 4. The van der Waals surface area contributed by atoms with Crippen LogP contribution in [-0.2, 0) is 5.41 Å². The van der Waals surface area contributed by atoms with E-state index in [9.17, 15) is 0 Å². The Morgan fingerprint density at radius 1 is 0.355 bits per heavy atom. The molecule has 62 heavy (non-hydrogen) atoms. The Kier molecular flexibility index (Phi) is 8.36. The Morgan fingerprint density at radius 2 is 0.919 bits per heavy atom. The second kappa shape index (κ2) is 14.5. The summed E-state index contributed by atoms with van der Waals surface area (Å²) in [6.07, 6.45) is 0. The van der Waals surface area contributed by atoms with Crippen LogP contribution in [0.5, 0.6) is 0 Å². The van der Waals surface area contributed by atoms with Gasteiger partial charge in [0.15, 0.2) is 11.4 Å². The summed E-state index contributed by atoms with van der Waals surface area (Å²) in [6, 6.07) is 79.2. The minimum absolute atomic E-state index is 0.597. The Hall–Kier alpha value is -8.21. The van der Waals surface area contributed by atoms with Gasteiger partial charge in [0.25, 0.3) is 0 Å². The van der Waals surface area contributed by atoms with Crippen molar-refractivity contribution < 1.29 is 4.42 Å². The minimum atomic E-state index is -0.634. The van der Waals surface area contributed by atoms with Crippen molar-refractivity contribution in [3.63, 3.8) is 0 Å². The van der Waals surface area contributed by atoms with Crippen LogP contribution in [0.3, 0.4) is 0 Å². The van der Waals surface area contributed by atoms with Gasteiger partial charge in [0.2, 0.25) is 0 Å². The van der Waals surface area contributed by atoms with Crippen molar-refractivity contribution in [2.75, 3.05) is 0 Å².